The fraction of sp³-hybridized carbons (Fsp3) is 0.462. The predicted molar refractivity (Wildman–Crippen MR) is 69.1 cm³/mol. The molecule has 0 bridgehead atoms. The molecule has 0 aromatic heterocycles. The quantitative estimate of drug-likeness (QED) is 0.596. The van der Waals surface area contributed by atoms with Crippen molar-refractivity contribution in [1.29, 1.82) is 0 Å². The van der Waals surface area contributed by atoms with Crippen LogP contribution in [0.4, 0.5) is 0 Å². The Morgan fingerprint density at radius 3 is 2.71 bits per heavy atom. The van der Waals surface area contributed by atoms with Gasteiger partial charge in [0.2, 0.25) is 0 Å². The Hall–Kier alpha value is -1.06. The van der Waals surface area contributed by atoms with Gasteiger partial charge >= 0.3 is 0 Å². The molecule has 2 atom stereocenters. The monoisotopic (exact) mass is 249 g/mol. The van der Waals surface area contributed by atoms with Gasteiger partial charge in [-0.1, -0.05) is 30.3 Å². The second-order valence-corrected chi connectivity index (χ2v) is 4.63. The number of hydrogen-bond acceptors (Lipinski definition) is 4. The summed E-state index contributed by atoms with van der Waals surface area (Å²) in [5.41, 5.74) is 1.09. The third-order valence-corrected chi connectivity index (χ3v) is 2.81. The van der Waals surface area contributed by atoms with E-state index in [1.54, 1.807) is 0 Å². The molecule has 0 N–H and O–H groups in total. The summed E-state index contributed by atoms with van der Waals surface area (Å²) < 4.78 is 11.5. The van der Waals surface area contributed by atoms with Crippen LogP contribution in [0.5, 0.6) is 0 Å². The molecule has 0 amide bonds. The Kier molecular flexibility index (Phi) is 3.69. The van der Waals surface area contributed by atoms with E-state index in [1.165, 1.54) is 0 Å². The van der Waals surface area contributed by atoms with Gasteiger partial charge in [-0.25, -0.2) is 4.99 Å². The summed E-state index contributed by atoms with van der Waals surface area (Å²) in [5.74, 6) is -0.589. The van der Waals surface area contributed by atoms with Crippen LogP contribution in [0.15, 0.2) is 35.3 Å². The van der Waals surface area contributed by atoms with Gasteiger partial charge in [-0.3, -0.25) is 0 Å². The first kappa shape index (κ1) is 12.4. The summed E-state index contributed by atoms with van der Waals surface area (Å²) in [6.45, 7) is 4.30. The topological polar surface area (TPSA) is 30.8 Å². The van der Waals surface area contributed by atoms with E-state index in [9.17, 15) is 0 Å². The van der Waals surface area contributed by atoms with Crippen molar-refractivity contribution >= 4 is 17.4 Å². The van der Waals surface area contributed by atoms with E-state index in [0.29, 0.717) is 6.61 Å². The summed E-state index contributed by atoms with van der Waals surface area (Å²) >= 11 is 4.67. The molecule has 0 spiro atoms. The van der Waals surface area contributed by atoms with Gasteiger partial charge in [-0.2, -0.15) is 0 Å². The van der Waals surface area contributed by atoms with Crippen LogP contribution in [0.25, 0.3) is 0 Å². The number of benzene rings is 1. The minimum absolute atomic E-state index is 0.122. The van der Waals surface area contributed by atoms with Gasteiger partial charge in [0.05, 0.1) is 11.8 Å². The summed E-state index contributed by atoms with van der Waals surface area (Å²) in [6, 6.07) is 9.88. The summed E-state index contributed by atoms with van der Waals surface area (Å²) in [6.07, 6.45) is -0.129. The van der Waals surface area contributed by atoms with Gasteiger partial charge in [-0.05, 0) is 31.6 Å². The third-order valence-electron chi connectivity index (χ3n) is 2.71. The number of hydrogen-bond donors (Lipinski definition) is 0. The molecule has 3 nitrogen and oxygen atoms in total. The molecule has 1 heterocycles. The van der Waals surface area contributed by atoms with E-state index < -0.39 is 5.79 Å². The lowest BCUT2D eigenvalue weighted by atomic mass is 10.0. The lowest BCUT2D eigenvalue weighted by molar-refractivity contribution is -0.281. The fourth-order valence-electron chi connectivity index (χ4n) is 1.90. The van der Waals surface area contributed by atoms with Crippen LogP contribution in [-0.2, 0) is 9.47 Å². The van der Waals surface area contributed by atoms with E-state index in [2.05, 4.69) is 22.4 Å². The van der Waals surface area contributed by atoms with Crippen LogP contribution in [-0.4, -0.2) is 23.6 Å². The van der Waals surface area contributed by atoms with E-state index >= 15 is 0 Å². The molecule has 2 rings (SSSR count). The van der Waals surface area contributed by atoms with Gasteiger partial charge < -0.3 is 9.47 Å². The zero-order valence-corrected chi connectivity index (χ0v) is 10.7. The molecule has 17 heavy (non-hydrogen) atoms. The SMILES string of the molecule is CC1(C)OC[C@H](N=C=S)[C@H](c2ccccc2)O1. The smallest absolute Gasteiger partial charge is 0.163 e. The number of isothiocyanates is 1. The Morgan fingerprint density at radius 1 is 1.35 bits per heavy atom. The number of thiocarbonyl (C=S) groups is 1. The van der Waals surface area contributed by atoms with Gasteiger partial charge in [0.1, 0.15) is 12.1 Å². The normalized spacial score (nSPS) is 27.2. The number of rotatable bonds is 2. The summed E-state index contributed by atoms with van der Waals surface area (Å²) in [5, 5.41) is 2.41. The molecule has 90 valence electrons. The van der Waals surface area contributed by atoms with Crippen molar-refractivity contribution in [3.05, 3.63) is 35.9 Å². The van der Waals surface area contributed by atoms with Crippen LogP contribution in [0.3, 0.4) is 0 Å². The highest BCUT2D eigenvalue weighted by molar-refractivity contribution is 7.78. The minimum atomic E-state index is -0.589. The van der Waals surface area contributed by atoms with Gasteiger partial charge in [0.15, 0.2) is 5.79 Å². The molecule has 1 aromatic carbocycles. The second-order valence-electron chi connectivity index (χ2n) is 4.45. The van der Waals surface area contributed by atoms with E-state index in [-0.39, 0.29) is 12.1 Å². The first-order valence-electron chi connectivity index (χ1n) is 5.56. The van der Waals surface area contributed by atoms with Crippen molar-refractivity contribution in [2.75, 3.05) is 6.61 Å². The maximum Gasteiger partial charge on any atom is 0.163 e. The zero-order chi connectivity index (χ0) is 12.3. The Morgan fingerprint density at radius 2 is 2.06 bits per heavy atom. The Labute approximate surface area is 106 Å². The molecule has 1 aliphatic rings. The molecule has 0 saturated carbocycles. The standard InChI is InChI=1S/C13H15NO2S/c1-13(2)15-8-11(14-9-17)12(16-13)10-6-4-3-5-7-10/h3-7,11-12H,8H2,1-2H3/t11-,12-/m0/s1. The third kappa shape index (κ3) is 2.99. The van der Waals surface area contributed by atoms with Gasteiger partial charge in [-0.15, -0.1) is 0 Å². The average molecular weight is 249 g/mol. The van der Waals surface area contributed by atoms with Crippen molar-refractivity contribution in [2.24, 2.45) is 4.99 Å². The molecule has 0 radical (unpaired) electrons. The molecular formula is C13H15NO2S. The van der Waals surface area contributed by atoms with E-state index in [1.807, 2.05) is 44.2 Å². The molecule has 1 aromatic rings. The summed E-state index contributed by atoms with van der Waals surface area (Å²) in [7, 11) is 0. The van der Waals surface area contributed by atoms with Crippen molar-refractivity contribution in [3.63, 3.8) is 0 Å². The predicted octanol–water partition coefficient (Wildman–Crippen LogP) is 2.98. The lowest BCUT2D eigenvalue weighted by Crippen LogP contribution is -2.43. The van der Waals surface area contributed by atoms with Crippen LogP contribution < -0.4 is 0 Å². The lowest BCUT2D eigenvalue weighted by Gasteiger charge is -2.39. The highest BCUT2D eigenvalue weighted by atomic mass is 32.1. The fourth-order valence-corrected chi connectivity index (χ4v) is 2.03. The molecule has 1 aliphatic heterocycles. The molecule has 4 heteroatoms. The maximum absolute atomic E-state index is 5.92. The minimum Gasteiger partial charge on any atom is -0.348 e. The molecule has 0 unspecified atom stereocenters. The van der Waals surface area contributed by atoms with Crippen LogP contribution in [0, 0.1) is 0 Å². The Bertz CT molecular complexity index is 426. The molecule has 0 aliphatic carbocycles. The maximum atomic E-state index is 5.92. The number of nitrogens with zero attached hydrogens (tertiary/aromatic N) is 1. The number of ether oxygens (including phenoxy) is 2. The van der Waals surface area contributed by atoms with Crippen molar-refractivity contribution in [3.8, 4) is 0 Å². The average Bonchev–Trinajstić information content (AvgIpc) is 2.32. The van der Waals surface area contributed by atoms with Crippen molar-refractivity contribution in [2.45, 2.75) is 31.8 Å². The van der Waals surface area contributed by atoms with Crippen molar-refractivity contribution in [1.82, 2.24) is 0 Å². The largest absolute Gasteiger partial charge is 0.348 e. The van der Waals surface area contributed by atoms with Crippen LogP contribution in [0.1, 0.15) is 25.5 Å². The van der Waals surface area contributed by atoms with Gasteiger partial charge in [0, 0.05) is 0 Å². The first-order chi connectivity index (χ1) is 8.12. The zero-order valence-electron chi connectivity index (χ0n) is 9.92. The molecule has 1 fully saturated rings. The van der Waals surface area contributed by atoms with Crippen LogP contribution in [0.2, 0.25) is 0 Å². The van der Waals surface area contributed by atoms with E-state index in [0.717, 1.165) is 5.56 Å². The van der Waals surface area contributed by atoms with Crippen molar-refractivity contribution < 1.29 is 9.47 Å². The first-order valence-corrected chi connectivity index (χ1v) is 5.97. The van der Waals surface area contributed by atoms with Gasteiger partial charge in [0.25, 0.3) is 0 Å². The molecular weight excluding hydrogens is 234 g/mol. The van der Waals surface area contributed by atoms with Crippen LogP contribution >= 0.6 is 12.2 Å². The molecule has 1 saturated heterocycles. The van der Waals surface area contributed by atoms with E-state index in [4.69, 9.17) is 9.47 Å². The second kappa shape index (κ2) is 5.07. The highest BCUT2D eigenvalue weighted by Crippen LogP contribution is 2.34. The summed E-state index contributed by atoms with van der Waals surface area (Å²) in [4.78, 5) is 4.12. The number of aliphatic imine (C=N–C) groups is 1. The highest BCUT2D eigenvalue weighted by Gasteiger charge is 2.37. The Balaban J connectivity index is 2.28.